The van der Waals surface area contributed by atoms with E-state index in [2.05, 4.69) is 38.3 Å². The van der Waals surface area contributed by atoms with Crippen LogP contribution in [0.1, 0.15) is 70.2 Å². The quantitative estimate of drug-likeness (QED) is 0.780. The van der Waals surface area contributed by atoms with Gasteiger partial charge in [-0.25, -0.2) is 15.0 Å². The molecule has 132 valence electrons. The molecular weight excluding hydrogens is 314 g/mol. The minimum Gasteiger partial charge on any atom is -0.382 e. The Morgan fingerprint density at radius 3 is 2.80 bits per heavy atom. The second-order valence-electron chi connectivity index (χ2n) is 7.68. The molecule has 2 atom stereocenters. The zero-order valence-corrected chi connectivity index (χ0v) is 14.7. The van der Waals surface area contributed by atoms with E-state index in [-0.39, 0.29) is 0 Å². The average molecular weight is 339 g/mol. The summed E-state index contributed by atoms with van der Waals surface area (Å²) in [6.07, 6.45) is 10.2. The molecule has 0 bridgehead atoms. The maximum atomic E-state index is 10.7. The van der Waals surface area contributed by atoms with Gasteiger partial charge >= 0.3 is 0 Å². The molecule has 2 aliphatic rings. The van der Waals surface area contributed by atoms with E-state index in [1.807, 2.05) is 6.33 Å². The number of aromatic nitrogens is 4. The van der Waals surface area contributed by atoms with E-state index in [4.69, 9.17) is 5.73 Å². The highest BCUT2D eigenvalue weighted by atomic mass is 16.3. The number of anilines is 1. The maximum Gasteiger partial charge on any atom is 0.209 e. The lowest BCUT2D eigenvalue weighted by atomic mass is 9.79. The third-order valence-electron chi connectivity index (χ3n) is 5.55. The smallest absolute Gasteiger partial charge is 0.209 e. The van der Waals surface area contributed by atoms with Crippen LogP contribution in [0.2, 0.25) is 0 Å². The van der Waals surface area contributed by atoms with Crippen molar-refractivity contribution >= 4 is 17.0 Å². The number of nitrogens with zero attached hydrogens (tertiary/aromatic N) is 4. The molecule has 2 heterocycles. The molecule has 6 heteroatoms. The number of nitrogens with two attached hydrogens (primary N) is 1. The van der Waals surface area contributed by atoms with Crippen molar-refractivity contribution in [1.29, 1.82) is 0 Å². The Balaban J connectivity index is 1.69. The van der Waals surface area contributed by atoms with Gasteiger partial charge in [-0.15, -0.1) is 0 Å². The lowest BCUT2D eigenvalue weighted by Gasteiger charge is -2.30. The molecule has 0 aromatic carbocycles. The van der Waals surface area contributed by atoms with Gasteiger partial charge in [0.25, 0.3) is 0 Å². The van der Waals surface area contributed by atoms with Crippen molar-refractivity contribution in [2.45, 2.75) is 69.9 Å². The number of rotatable bonds is 1. The second kappa shape index (κ2) is 6.30. The number of nitrogen functional groups attached to an aromatic ring is 1. The van der Waals surface area contributed by atoms with Crippen molar-refractivity contribution in [3.63, 3.8) is 0 Å². The van der Waals surface area contributed by atoms with Crippen LogP contribution in [0.15, 0.2) is 6.33 Å². The predicted octanol–water partition coefficient (Wildman–Crippen LogP) is 2.82. The van der Waals surface area contributed by atoms with E-state index in [0.29, 0.717) is 42.0 Å². The number of fused-ring (bicyclic) bond motifs is 1. The minimum absolute atomic E-state index is 0.357. The summed E-state index contributed by atoms with van der Waals surface area (Å²) < 4.78 is 2.11. The van der Waals surface area contributed by atoms with Gasteiger partial charge in [-0.1, -0.05) is 32.1 Å². The van der Waals surface area contributed by atoms with Crippen molar-refractivity contribution < 1.29 is 5.11 Å². The molecule has 2 saturated carbocycles. The van der Waals surface area contributed by atoms with E-state index < -0.39 is 5.60 Å². The summed E-state index contributed by atoms with van der Waals surface area (Å²) in [6, 6.07) is 0.434. The Morgan fingerprint density at radius 1 is 1.24 bits per heavy atom. The Kier molecular flexibility index (Phi) is 4.12. The molecule has 0 radical (unpaired) electrons. The van der Waals surface area contributed by atoms with Crippen LogP contribution in [0.5, 0.6) is 0 Å². The third-order valence-corrected chi connectivity index (χ3v) is 5.55. The van der Waals surface area contributed by atoms with Crippen LogP contribution in [-0.4, -0.2) is 30.2 Å². The Hall–Kier alpha value is -2.13. The normalized spacial score (nSPS) is 27.4. The van der Waals surface area contributed by atoms with Crippen molar-refractivity contribution in [2.24, 2.45) is 5.92 Å². The standard InChI is InChI=1S/C19H25N5O/c1-13-5-4-9-19(25,11-13)10-8-15-22-17(20)16-18(23-15)24(12-21-16)14-6-2-3-7-14/h12-14,25H,2-7,9,11H2,1H3,(H2,20,22,23). The van der Waals surface area contributed by atoms with Crippen LogP contribution in [0.25, 0.3) is 11.2 Å². The van der Waals surface area contributed by atoms with Crippen LogP contribution in [-0.2, 0) is 0 Å². The Bertz CT molecular complexity index is 843. The Labute approximate surface area is 147 Å². The van der Waals surface area contributed by atoms with Crippen LogP contribution < -0.4 is 5.73 Å². The predicted molar refractivity (Wildman–Crippen MR) is 96.7 cm³/mol. The van der Waals surface area contributed by atoms with Crippen molar-refractivity contribution in [3.8, 4) is 11.8 Å². The second-order valence-corrected chi connectivity index (χ2v) is 7.68. The van der Waals surface area contributed by atoms with E-state index in [1.54, 1.807) is 0 Å². The molecule has 2 aromatic rings. The number of hydrogen-bond acceptors (Lipinski definition) is 5. The summed E-state index contributed by atoms with van der Waals surface area (Å²) in [4.78, 5) is 13.3. The Morgan fingerprint density at radius 2 is 2.04 bits per heavy atom. The monoisotopic (exact) mass is 339 g/mol. The van der Waals surface area contributed by atoms with Gasteiger partial charge in [-0.05, 0) is 43.9 Å². The lowest BCUT2D eigenvalue weighted by Crippen LogP contribution is -2.32. The van der Waals surface area contributed by atoms with Gasteiger partial charge in [0.2, 0.25) is 5.82 Å². The summed E-state index contributed by atoms with van der Waals surface area (Å²) in [5, 5.41) is 10.7. The first kappa shape index (κ1) is 16.3. The van der Waals surface area contributed by atoms with Crippen LogP contribution in [0, 0.1) is 17.8 Å². The zero-order chi connectivity index (χ0) is 17.4. The molecule has 4 rings (SSSR count). The number of imidazole rings is 1. The molecule has 2 aromatic heterocycles. The van der Waals surface area contributed by atoms with Gasteiger partial charge in [0, 0.05) is 6.04 Å². The van der Waals surface area contributed by atoms with Crippen LogP contribution >= 0.6 is 0 Å². The highest BCUT2D eigenvalue weighted by Crippen LogP contribution is 2.33. The van der Waals surface area contributed by atoms with Gasteiger partial charge in [0.05, 0.1) is 6.33 Å². The fourth-order valence-corrected chi connectivity index (χ4v) is 4.25. The topological polar surface area (TPSA) is 89.9 Å². The SMILES string of the molecule is CC1CCCC(O)(C#Cc2nc(N)c3ncn(C4CCCC4)c3n2)C1. The molecule has 0 saturated heterocycles. The van der Waals surface area contributed by atoms with Crippen molar-refractivity contribution in [3.05, 3.63) is 12.2 Å². The fourth-order valence-electron chi connectivity index (χ4n) is 4.25. The highest BCUT2D eigenvalue weighted by molar-refractivity contribution is 5.82. The zero-order valence-electron chi connectivity index (χ0n) is 14.7. The van der Waals surface area contributed by atoms with E-state index in [9.17, 15) is 5.11 Å². The molecule has 2 aliphatic carbocycles. The molecule has 25 heavy (non-hydrogen) atoms. The molecule has 6 nitrogen and oxygen atoms in total. The maximum absolute atomic E-state index is 10.7. The van der Waals surface area contributed by atoms with Crippen molar-refractivity contribution in [2.75, 3.05) is 5.73 Å². The lowest BCUT2D eigenvalue weighted by molar-refractivity contribution is 0.0410. The first-order chi connectivity index (χ1) is 12.0. The highest BCUT2D eigenvalue weighted by Gasteiger charge is 2.30. The first-order valence-electron chi connectivity index (χ1n) is 9.30. The van der Waals surface area contributed by atoms with E-state index in [0.717, 1.165) is 31.3 Å². The van der Waals surface area contributed by atoms with E-state index in [1.165, 1.54) is 12.8 Å². The molecule has 3 N–H and O–H groups in total. The molecule has 0 amide bonds. The summed E-state index contributed by atoms with van der Waals surface area (Å²) >= 11 is 0. The van der Waals surface area contributed by atoms with Gasteiger partial charge in [0.15, 0.2) is 11.5 Å². The average Bonchev–Trinajstić information content (AvgIpc) is 3.22. The van der Waals surface area contributed by atoms with Gasteiger partial charge < -0.3 is 15.4 Å². The van der Waals surface area contributed by atoms with Crippen molar-refractivity contribution in [1.82, 2.24) is 19.5 Å². The number of aliphatic hydroxyl groups is 1. The van der Waals surface area contributed by atoms with Gasteiger partial charge in [-0.3, -0.25) is 0 Å². The molecule has 2 fully saturated rings. The van der Waals surface area contributed by atoms with E-state index >= 15 is 0 Å². The van der Waals surface area contributed by atoms with Gasteiger partial charge in [-0.2, -0.15) is 0 Å². The molecule has 0 spiro atoms. The van der Waals surface area contributed by atoms with Gasteiger partial charge in [0.1, 0.15) is 11.1 Å². The summed E-state index contributed by atoms with van der Waals surface area (Å²) in [5.41, 5.74) is 6.54. The fraction of sp³-hybridized carbons (Fsp3) is 0.632. The summed E-state index contributed by atoms with van der Waals surface area (Å²) in [7, 11) is 0. The molecule has 2 unspecified atom stereocenters. The minimum atomic E-state index is -0.934. The third kappa shape index (κ3) is 3.21. The van der Waals surface area contributed by atoms with Crippen LogP contribution in [0.4, 0.5) is 5.82 Å². The largest absolute Gasteiger partial charge is 0.382 e. The molecular formula is C19H25N5O. The number of hydrogen-bond donors (Lipinski definition) is 2. The summed E-state index contributed by atoms with van der Waals surface area (Å²) in [6.45, 7) is 2.16. The van der Waals surface area contributed by atoms with Crippen LogP contribution in [0.3, 0.4) is 0 Å². The summed E-state index contributed by atoms with van der Waals surface area (Å²) in [5.74, 6) is 7.21. The molecule has 0 aliphatic heterocycles. The first-order valence-corrected chi connectivity index (χ1v) is 9.30.